The second-order valence-electron chi connectivity index (χ2n) is 4.44. The van der Waals surface area contributed by atoms with Gasteiger partial charge < -0.3 is 10.5 Å². The highest BCUT2D eigenvalue weighted by molar-refractivity contribution is 9.10. The molecule has 0 radical (unpaired) electrons. The van der Waals surface area contributed by atoms with Gasteiger partial charge in [0.05, 0.1) is 11.0 Å². The molecule has 5 nitrogen and oxygen atoms in total. The van der Waals surface area contributed by atoms with E-state index in [1.165, 1.54) is 6.07 Å². The summed E-state index contributed by atoms with van der Waals surface area (Å²) in [6.07, 6.45) is 0. The zero-order valence-electron chi connectivity index (χ0n) is 11.0. The zero-order valence-corrected chi connectivity index (χ0v) is 12.6. The van der Waals surface area contributed by atoms with Crippen LogP contribution in [0.15, 0.2) is 40.9 Å². The number of ether oxygens (including phenoxy) is 1. The fourth-order valence-corrected chi connectivity index (χ4v) is 2.51. The number of nitrogens with zero attached hydrogens (tertiary/aromatic N) is 1. The first-order chi connectivity index (χ1) is 9.88. The van der Waals surface area contributed by atoms with Crippen molar-refractivity contribution in [2.45, 2.75) is 13.0 Å². The van der Waals surface area contributed by atoms with Gasteiger partial charge in [0, 0.05) is 10.5 Å². The van der Waals surface area contributed by atoms with Gasteiger partial charge in [-0.2, -0.15) is 0 Å². The Morgan fingerprint density at radius 1 is 1.33 bits per heavy atom. The number of rotatable bonds is 4. The van der Waals surface area contributed by atoms with Crippen molar-refractivity contribution in [2.24, 2.45) is 5.73 Å². The molecule has 0 heterocycles. The molecule has 0 aliphatic carbocycles. The molecular formula is C14H12BrFN2O3. The van der Waals surface area contributed by atoms with E-state index in [1.807, 2.05) is 6.92 Å². The second kappa shape index (κ2) is 6.19. The van der Waals surface area contributed by atoms with Crippen LogP contribution in [0.4, 0.5) is 10.1 Å². The molecule has 0 aliphatic heterocycles. The van der Waals surface area contributed by atoms with Crippen LogP contribution in [-0.4, -0.2) is 4.92 Å². The van der Waals surface area contributed by atoms with Crippen molar-refractivity contribution in [3.8, 4) is 11.5 Å². The molecule has 0 amide bonds. The molecule has 110 valence electrons. The van der Waals surface area contributed by atoms with Crippen LogP contribution in [0.25, 0.3) is 0 Å². The van der Waals surface area contributed by atoms with Crippen LogP contribution in [0.2, 0.25) is 0 Å². The number of benzene rings is 2. The van der Waals surface area contributed by atoms with E-state index in [1.54, 1.807) is 18.2 Å². The van der Waals surface area contributed by atoms with E-state index in [-0.39, 0.29) is 11.8 Å². The summed E-state index contributed by atoms with van der Waals surface area (Å²) < 4.78 is 19.3. The minimum Gasteiger partial charge on any atom is -0.450 e. The fourth-order valence-electron chi connectivity index (χ4n) is 1.79. The molecule has 0 saturated carbocycles. The van der Waals surface area contributed by atoms with E-state index >= 15 is 0 Å². The molecule has 0 unspecified atom stereocenters. The van der Waals surface area contributed by atoms with Gasteiger partial charge in [-0.15, -0.1) is 0 Å². The van der Waals surface area contributed by atoms with Crippen molar-refractivity contribution in [3.63, 3.8) is 0 Å². The van der Waals surface area contributed by atoms with E-state index in [0.29, 0.717) is 5.75 Å². The monoisotopic (exact) mass is 354 g/mol. The van der Waals surface area contributed by atoms with Crippen molar-refractivity contribution in [1.29, 1.82) is 0 Å². The van der Waals surface area contributed by atoms with Crippen LogP contribution in [0.5, 0.6) is 11.5 Å². The standard InChI is InChI=1S/C14H12BrFN2O3/c1-8(17)11-4-3-10(7-12(11)15)21-14-5-2-9(16)6-13(14)18(19)20/h2-8H,17H2,1H3/t8-/m1/s1. The predicted molar refractivity (Wildman–Crippen MR) is 79.9 cm³/mol. The Morgan fingerprint density at radius 2 is 2.05 bits per heavy atom. The summed E-state index contributed by atoms with van der Waals surface area (Å²) in [6.45, 7) is 1.84. The Morgan fingerprint density at radius 3 is 2.62 bits per heavy atom. The summed E-state index contributed by atoms with van der Waals surface area (Å²) in [5.74, 6) is -0.328. The van der Waals surface area contributed by atoms with Gasteiger partial charge in [-0.25, -0.2) is 4.39 Å². The SMILES string of the molecule is C[C@@H](N)c1ccc(Oc2ccc(F)cc2[N+](=O)[O-])cc1Br. The van der Waals surface area contributed by atoms with Crippen LogP contribution < -0.4 is 10.5 Å². The minimum atomic E-state index is -0.692. The molecule has 2 aromatic carbocycles. The molecule has 0 fully saturated rings. The molecule has 1 atom stereocenters. The predicted octanol–water partition coefficient (Wildman–Crippen LogP) is 4.31. The van der Waals surface area contributed by atoms with Gasteiger partial charge in [-0.1, -0.05) is 22.0 Å². The van der Waals surface area contributed by atoms with Crippen LogP contribution in [0.1, 0.15) is 18.5 Å². The first-order valence-corrected chi connectivity index (χ1v) is 6.84. The van der Waals surface area contributed by atoms with Crippen molar-refractivity contribution < 1.29 is 14.1 Å². The number of nitro groups is 1. The highest BCUT2D eigenvalue weighted by Crippen LogP contribution is 2.34. The summed E-state index contributed by atoms with van der Waals surface area (Å²) in [5, 5.41) is 10.9. The molecular weight excluding hydrogens is 343 g/mol. The summed E-state index contributed by atoms with van der Waals surface area (Å²) in [5.41, 5.74) is 6.25. The molecule has 0 spiro atoms. The first kappa shape index (κ1) is 15.4. The van der Waals surface area contributed by atoms with Crippen LogP contribution >= 0.6 is 15.9 Å². The maximum atomic E-state index is 13.1. The molecule has 0 bridgehead atoms. The molecule has 7 heteroatoms. The van der Waals surface area contributed by atoms with Crippen LogP contribution in [0.3, 0.4) is 0 Å². The lowest BCUT2D eigenvalue weighted by atomic mass is 10.1. The second-order valence-corrected chi connectivity index (χ2v) is 5.30. The smallest absolute Gasteiger partial charge is 0.314 e. The molecule has 2 N–H and O–H groups in total. The van der Waals surface area contributed by atoms with Crippen LogP contribution in [0, 0.1) is 15.9 Å². The highest BCUT2D eigenvalue weighted by Gasteiger charge is 2.17. The van der Waals surface area contributed by atoms with Crippen LogP contribution in [-0.2, 0) is 0 Å². The van der Waals surface area contributed by atoms with E-state index < -0.39 is 16.4 Å². The average molecular weight is 355 g/mol. The number of nitrogens with two attached hydrogens (primary N) is 1. The van der Waals surface area contributed by atoms with Crippen molar-refractivity contribution in [3.05, 3.63) is 62.4 Å². The van der Waals surface area contributed by atoms with E-state index in [4.69, 9.17) is 10.5 Å². The van der Waals surface area contributed by atoms with E-state index in [9.17, 15) is 14.5 Å². The average Bonchev–Trinajstić information content (AvgIpc) is 2.40. The summed E-state index contributed by atoms with van der Waals surface area (Å²) in [7, 11) is 0. The zero-order chi connectivity index (χ0) is 15.6. The van der Waals surface area contributed by atoms with Crippen molar-refractivity contribution in [2.75, 3.05) is 0 Å². The third-order valence-electron chi connectivity index (χ3n) is 2.81. The maximum Gasteiger partial charge on any atom is 0.314 e. The Labute approximate surface area is 128 Å². The van der Waals surface area contributed by atoms with Gasteiger partial charge in [0.15, 0.2) is 0 Å². The highest BCUT2D eigenvalue weighted by atomic mass is 79.9. The Balaban J connectivity index is 2.35. The Bertz CT molecular complexity index is 692. The maximum absolute atomic E-state index is 13.1. The molecule has 0 aliphatic rings. The number of halogens is 2. The minimum absolute atomic E-state index is 0.0261. The lowest BCUT2D eigenvalue weighted by Crippen LogP contribution is -2.05. The summed E-state index contributed by atoms with van der Waals surface area (Å²) in [6, 6.07) is 8.06. The molecule has 21 heavy (non-hydrogen) atoms. The third kappa shape index (κ3) is 3.56. The molecule has 2 rings (SSSR count). The molecule has 0 aromatic heterocycles. The Kier molecular flexibility index (Phi) is 4.54. The van der Waals surface area contributed by atoms with Gasteiger partial charge in [0.2, 0.25) is 5.75 Å². The lowest BCUT2D eigenvalue weighted by molar-refractivity contribution is -0.385. The Hall–Kier alpha value is -1.99. The number of hydrogen-bond donors (Lipinski definition) is 1. The normalized spacial score (nSPS) is 12.0. The van der Waals surface area contributed by atoms with Crippen molar-refractivity contribution >= 4 is 21.6 Å². The van der Waals surface area contributed by atoms with E-state index in [2.05, 4.69) is 15.9 Å². The fraction of sp³-hybridized carbons (Fsp3) is 0.143. The summed E-state index contributed by atoms with van der Waals surface area (Å²) >= 11 is 3.37. The quantitative estimate of drug-likeness (QED) is 0.655. The van der Waals surface area contributed by atoms with Gasteiger partial charge in [-0.3, -0.25) is 10.1 Å². The largest absolute Gasteiger partial charge is 0.450 e. The first-order valence-electron chi connectivity index (χ1n) is 6.05. The third-order valence-corrected chi connectivity index (χ3v) is 3.49. The summed E-state index contributed by atoms with van der Waals surface area (Å²) in [4.78, 5) is 10.2. The molecule has 2 aromatic rings. The van der Waals surface area contributed by atoms with Crippen molar-refractivity contribution in [1.82, 2.24) is 0 Å². The number of hydrogen-bond acceptors (Lipinski definition) is 4. The van der Waals surface area contributed by atoms with Gasteiger partial charge >= 0.3 is 5.69 Å². The lowest BCUT2D eigenvalue weighted by Gasteiger charge is -2.11. The van der Waals surface area contributed by atoms with Gasteiger partial charge in [0.25, 0.3) is 0 Å². The molecule has 0 saturated heterocycles. The number of nitro benzene ring substituents is 1. The van der Waals surface area contributed by atoms with Gasteiger partial charge in [0.1, 0.15) is 11.6 Å². The van der Waals surface area contributed by atoms with Gasteiger partial charge in [-0.05, 0) is 36.8 Å². The topological polar surface area (TPSA) is 78.4 Å². The van der Waals surface area contributed by atoms with E-state index in [0.717, 1.165) is 22.2 Å².